The van der Waals surface area contributed by atoms with Gasteiger partial charge in [-0.2, -0.15) is 0 Å². The molecule has 0 amide bonds. The second-order valence-corrected chi connectivity index (χ2v) is 3.76. The Morgan fingerprint density at radius 3 is 2.62 bits per heavy atom. The Kier molecular flexibility index (Phi) is 6.96. The number of carbonyl (C=O) groups is 1. The van der Waals surface area contributed by atoms with E-state index >= 15 is 0 Å². The van der Waals surface area contributed by atoms with Gasteiger partial charge < -0.3 is 4.74 Å². The second kappa shape index (κ2) is 7.13. The maximum atomic E-state index is 11.1. The standard InChI is InChI=1S/C10H17BrO2/c1-4-13-10(12)6-8(2)5-9(3)7-11/h8H,3-7H2,1-2H3/t8-/m0/s1. The average molecular weight is 249 g/mol. The average Bonchev–Trinajstić information content (AvgIpc) is 2.04. The summed E-state index contributed by atoms with van der Waals surface area (Å²) >= 11 is 3.32. The Hall–Kier alpha value is -0.310. The minimum Gasteiger partial charge on any atom is -0.466 e. The maximum absolute atomic E-state index is 11.1. The van der Waals surface area contributed by atoms with Crippen LogP contribution in [-0.2, 0) is 9.53 Å². The molecule has 0 saturated heterocycles. The van der Waals surface area contributed by atoms with Crippen LogP contribution in [-0.4, -0.2) is 17.9 Å². The van der Waals surface area contributed by atoms with Crippen LogP contribution in [0.3, 0.4) is 0 Å². The van der Waals surface area contributed by atoms with Crippen molar-refractivity contribution >= 4 is 21.9 Å². The van der Waals surface area contributed by atoms with E-state index in [1.807, 2.05) is 13.8 Å². The molecule has 0 aliphatic heterocycles. The fourth-order valence-electron chi connectivity index (χ4n) is 1.12. The number of allylic oxidation sites excluding steroid dienone is 1. The Morgan fingerprint density at radius 1 is 1.54 bits per heavy atom. The minimum atomic E-state index is -0.114. The fraction of sp³-hybridized carbons (Fsp3) is 0.700. The van der Waals surface area contributed by atoms with Crippen LogP contribution in [0.4, 0.5) is 0 Å². The molecule has 0 radical (unpaired) electrons. The molecule has 0 aliphatic carbocycles. The zero-order valence-electron chi connectivity index (χ0n) is 8.31. The lowest BCUT2D eigenvalue weighted by atomic mass is 10.0. The first kappa shape index (κ1) is 12.7. The Morgan fingerprint density at radius 2 is 2.15 bits per heavy atom. The molecule has 3 heteroatoms. The molecule has 2 nitrogen and oxygen atoms in total. The molecule has 0 unspecified atom stereocenters. The van der Waals surface area contributed by atoms with Crippen molar-refractivity contribution in [2.24, 2.45) is 5.92 Å². The van der Waals surface area contributed by atoms with E-state index in [1.54, 1.807) is 0 Å². The summed E-state index contributed by atoms with van der Waals surface area (Å²) < 4.78 is 4.85. The Bertz CT molecular complexity index is 178. The monoisotopic (exact) mass is 248 g/mol. The predicted octanol–water partition coefficient (Wildman–Crippen LogP) is 2.92. The molecule has 0 heterocycles. The lowest BCUT2D eigenvalue weighted by Gasteiger charge is -2.10. The van der Waals surface area contributed by atoms with E-state index in [0.717, 1.165) is 17.3 Å². The zero-order chi connectivity index (χ0) is 10.3. The van der Waals surface area contributed by atoms with E-state index in [4.69, 9.17) is 4.74 Å². The van der Waals surface area contributed by atoms with Gasteiger partial charge in [-0.1, -0.05) is 35.0 Å². The summed E-state index contributed by atoms with van der Waals surface area (Å²) in [5.41, 5.74) is 1.12. The van der Waals surface area contributed by atoms with Crippen molar-refractivity contribution in [1.82, 2.24) is 0 Å². The summed E-state index contributed by atoms with van der Waals surface area (Å²) in [6.07, 6.45) is 1.37. The molecule has 0 aromatic carbocycles. The third-order valence-electron chi connectivity index (χ3n) is 1.65. The minimum absolute atomic E-state index is 0.114. The van der Waals surface area contributed by atoms with Gasteiger partial charge in [0, 0.05) is 11.8 Å². The number of rotatable bonds is 6. The highest BCUT2D eigenvalue weighted by Crippen LogP contribution is 2.15. The smallest absolute Gasteiger partial charge is 0.306 e. The molecule has 0 bridgehead atoms. The number of hydrogen-bond acceptors (Lipinski definition) is 2. The van der Waals surface area contributed by atoms with Gasteiger partial charge >= 0.3 is 5.97 Å². The molecule has 1 atom stereocenters. The van der Waals surface area contributed by atoms with Crippen molar-refractivity contribution < 1.29 is 9.53 Å². The van der Waals surface area contributed by atoms with E-state index in [1.165, 1.54) is 0 Å². The van der Waals surface area contributed by atoms with Crippen molar-refractivity contribution in [2.75, 3.05) is 11.9 Å². The van der Waals surface area contributed by atoms with Crippen molar-refractivity contribution in [1.29, 1.82) is 0 Å². The lowest BCUT2D eigenvalue weighted by Crippen LogP contribution is -2.09. The Balaban J connectivity index is 3.67. The molecular weight excluding hydrogens is 232 g/mol. The van der Waals surface area contributed by atoms with Gasteiger partial charge in [-0.05, 0) is 19.3 Å². The first-order valence-electron chi connectivity index (χ1n) is 4.48. The van der Waals surface area contributed by atoms with Gasteiger partial charge in [-0.15, -0.1) is 0 Å². The van der Waals surface area contributed by atoms with Gasteiger partial charge in [0.2, 0.25) is 0 Å². The Labute approximate surface area is 88.5 Å². The molecule has 76 valence electrons. The number of alkyl halides is 1. The molecule has 0 spiro atoms. The molecule has 0 aromatic rings. The second-order valence-electron chi connectivity index (χ2n) is 3.20. The molecule has 0 aromatic heterocycles. The van der Waals surface area contributed by atoms with Gasteiger partial charge in [0.25, 0.3) is 0 Å². The van der Waals surface area contributed by atoms with Crippen LogP contribution < -0.4 is 0 Å². The number of halogens is 1. The summed E-state index contributed by atoms with van der Waals surface area (Å²) in [4.78, 5) is 11.1. The number of ether oxygens (including phenoxy) is 1. The zero-order valence-corrected chi connectivity index (χ0v) is 9.89. The van der Waals surface area contributed by atoms with Crippen LogP contribution in [0.2, 0.25) is 0 Å². The van der Waals surface area contributed by atoms with Gasteiger partial charge in [0.15, 0.2) is 0 Å². The van der Waals surface area contributed by atoms with Gasteiger partial charge in [-0.3, -0.25) is 4.79 Å². The summed E-state index contributed by atoms with van der Waals surface area (Å²) in [5, 5.41) is 0.806. The van der Waals surface area contributed by atoms with Crippen LogP contribution in [0.5, 0.6) is 0 Å². The third-order valence-corrected chi connectivity index (χ3v) is 2.44. The molecule has 0 N–H and O–H groups in total. The van der Waals surface area contributed by atoms with Crippen LogP contribution in [0.15, 0.2) is 12.2 Å². The van der Waals surface area contributed by atoms with Crippen molar-refractivity contribution in [3.8, 4) is 0 Å². The lowest BCUT2D eigenvalue weighted by molar-refractivity contribution is -0.144. The van der Waals surface area contributed by atoms with Gasteiger partial charge in [0.05, 0.1) is 6.61 Å². The normalized spacial score (nSPS) is 12.2. The number of carbonyl (C=O) groups excluding carboxylic acids is 1. The molecule has 0 rings (SSSR count). The SMILES string of the molecule is C=C(CBr)C[C@H](C)CC(=O)OCC. The number of hydrogen-bond donors (Lipinski definition) is 0. The van der Waals surface area contributed by atoms with E-state index in [-0.39, 0.29) is 5.97 Å². The van der Waals surface area contributed by atoms with E-state index in [2.05, 4.69) is 22.5 Å². The van der Waals surface area contributed by atoms with Gasteiger partial charge in [-0.25, -0.2) is 0 Å². The summed E-state index contributed by atoms with van der Waals surface area (Å²) in [6, 6.07) is 0. The summed E-state index contributed by atoms with van der Waals surface area (Å²) in [7, 11) is 0. The van der Waals surface area contributed by atoms with Crippen LogP contribution in [0, 0.1) is 5.92 Å². The topological polar surface area (TPSA) is 26.3 Å². The molecular formula is C10H17BrO2. The maximum Gasteiger partial charge on any atom is 0.306 e. The summed E-state index contributed by atoms with van der Waals surface area (Å²) in [6.45, 7) is 8.18. The number of esters is 1. The highest BCUT2D eigenvalue weighted by molar-refractivity contribution is 9.09. The summed E-state index contributed by atoms with van der Waals surface area (Å²) in [5.74, 6) is 0.210. The molecule has 0 saturated carbocycles. The van der Waals surface area contributed by atoms with Crippen molar-refractivity contribution in [3.05, 3.63) is 12.2 Å². The van der Waals surface area contributed by atoms with Gasteiger partial charge in [0.1, 0.15) is 0 Å². The molecule has 0 aliphatic rings. The van der Waals surface area contributed by atoms with Crippen LogP contribution in [0.1, 0.15) is 26.7 Å². The van der Waals surface area contributed by atoms with E-state index < -0.39 is 0 Å². The molecule has 0 fully saturated rings. The highest BCUT2D eigenvalue weighted by Gasteiger charge is 2.10. The van der Waals surface area contributed by atoms with Crippen LogP contribution in [0.25, 0.3) is 0 Å². The highest BCUT2D eigenvalue weighted by atomic mass is 79.9. The first-order valence-corrected chi connectivity index (χ1v) is 5.60. The first-order chi connectivity index (χ1) is 6.10. The third kappa shape index (κ3) is 6.82. The van der Waals surface area contributed by atoms with Crippen molar-refractivity contribution in [2.45, 2.75) is 26.7 Å². The largest absolute Gasteiger partial charge is 0.466 e. The van der Waals surface area contributed by atoms with Crippen LogP contribution >= 0.6 is 15.9 Å². The quantitative estimate of drug-likeness (QED) is 0.411. The van der Waals surface area contributed by atoms with E-state index in [0.29, 0.717) is 18.9 Å². The predicted molar refractivity (Wildman–Crippen MR) is 58.0 cm³/mol. The van der Waals surface area contributed by atoms with Crippen molar-refractivity contribution in [3.63, 3.8) is 0 Å². The van der Waals surface area contributed by atoms with E-state index in [9.17, 15) is 4.79 Å². The fourth-order valence-corrected chi connectivity index (χ4v) is 1.35. The molecule has 13 heavy (non-hydrogen) atoms.